The normalized spacial score (nSPS) is 29.2. The Hall–Kier alpha value is -1.55. The van der Waals surface area contributed by atoms with Crippen LogP contribution >= 0.6 is 11.6 Å². The van der Waals surface area contributed by atoms with E-state index in [-0.39, 0.29) is 10.9 Å². The van der Waals surface area contributed by atoms with E-state index in [9.17, 15) is 9.50 Å². The Morgan fingerprint density at radius 3 is 2.90 bits per heavy atom. The van der Waals surface area contributed by atoms with Crippen molar-refractivity contribution in [3.63, 3.8) is 0 Å². The first kappa shape index (κ1) is 14.4. The number of fused-ring (bicyclic) bond motifs is 1. The summed E-state index contributed by atoms with van der Waals surface area (Å²) < 4.78 is 20.8. The maximum atomic E-state index is 14.2. The lowest BCUT2D eigenvalue weighted by Gasteiger charge is -2.15. The molecule has 0 saturated carbocycles. The average Bonchev–Trinajstić information content (AvgIpc) is 3.01. The summed E-state index contributed by atoms with van der Waals surface area (Å²) in [4.78, 5) is 12.1. The second-order valence-corrected chi connectivity index (χ2v) is 4.94. The predicted octanol–water partition coefficient (Wildman–Crippen LogP) is 0.110. The molecule has 114 valence electrons. The standard InChI is InChI=1S/C11H13ClFN5O3/c1-14-8-6-9(17-11(12)16-8)18(3-15-6)10-5(13)7(20)4(2-19)21-10/h3-5,7,10,19-20H,2H2,1H3,(H,14,16,17)/t4-,5+,7-,10?/m1/s1. The van der Waals surface area contributed by atoms with E-state index in [1.807, 2.05) is 0 Å². The van der Waals surface area contributed by atoms with Crippen molar-refractivity contribution in [2.45, 2.75) is 24.6 Å². The van der Waals surface area contributed by atoms with Gasteiger partial charge in [0.25, 0.3) is 0 Å². The molecule has 3 heterocycles. The highest BCUT2D eigenvalue weighted by Crippen LogP contribution is 2.34. The molecule has 21 heavy (non-hydrogen) atoms. The molecule has 10 heteroatoms. The number of rotatable bonds is 3. The number of aromatic nitrogens is 4. The van der Waals surface area contributed by atoms with Gasteiger partial charge in [-0.1, -0.05) is 0 Å². The van der Waals surface area contributed by atoms with E-state index in [1.165, 1.54) is 10.9 Å². The molecule has 0 amide bonds. The highest BCUT2D eigenvalue weighted by molar-refractivity contribution is 6.28. The van der Waals surface area contributed by atoms with Crippen LogP contribution in [0, 0.1) is 0 Å². The minimum absolute atomic E-state index is 0.0266. The second-order valence-electron chi connectivity index (χ2n) is 4.60. The number of anilines is 1. The molecule has 0 aromatic carbocycles. The second kappa shape index (κ2) is 5.34. The van der Waals surface area contributed by atoms with Crippen molar-refractivity contribution in [3.8, 4) is 0 Å². The Labute approximate surface area is 123 Å². The number of halogens is 2. The first-order valence-corrected chi connectivity index (χ1v) is 6.61. The maximum absolute atomic E-state index is 14.2. The van der Waals surface area contributed by atoms with Gasteiger partial charge in [-0.25, -0.2) is 9.37 Å². The van der Waals surface area contributed by atoms with Gasteiger partial charge in [0.1, 0.15) is 12.2 Å². The fourth-order valence-electron chi connectivity index (χ4n) is 2.33. The quantitative estimate of drug-likeness (QED) is 0.690. The summed E-state index contributed by atoms with van der Waals surface area (Å²) in [5.74, 6) is 0.399. The summed E-state index contributed by atoms with van der Waals surface area (Å²) in [6.07, 6.45) is -3.94. The molecule has 1 fully saturated rings. The van der Waals surface area contributed by atoms with Gasteiger partial charge in [0.05, 0.1) is 12.9 Å². The number of nitrogens with zero attached hydrogens (tertiary/aromatic N) is 4. The van der Waals surface area contributed by atoms with Gasteiger partial charge >= 0.3 is 0 Å². The molecule has 3 rings (SSSR count). The van der Waals surface area contributed by atoms with Crippen LogP contribution in [0.4, 0.5) is 10.2 Å². The summed E-state index contributed by atoms with van der Waals surface area (Å²) in [5, 5.41) is 21.6. The SMILES string of the molecule is CNc1nc(Cl)nc2c1ncn2C1O[C@H](CO)[C@@H](O)[C@@H]1F. The highest BCUT2D eigenvalue weighted by atomic mass is 35.5. The first-order chi connectivity index (χ1) is 10.1. The van der Waals surface area contributed by atoms with Gasteiger partial charge in [0, 0.05) is 7.05 Å². The summed E-state index contributed by atoms with van der Waals surface area (Å²) in [6.45, 7) is -0.484. The van der Waals surface area contributed by atoms with Crippen molar-refractivity contribution < 1.29 is 19.3 Å². The third kappa shape index (κ3) is 2.22. The predicted molar refractivity (Wildman–Crippen MR) is 71.8 cm³/mol. The Bertz CT molecular complexity index is 669. The van der Waals surface area contributed by atoms with Crippen molar-refractivity contribution in [1.29, 1.82) is 0 Å². The van der Waals surface area contributed by atoms with Crippen LogP contribution in [0.1, 0.15) is 6.23 Å². The first-order valence-electron chi connectivity index (χ1n) is 6.23. The van der Waals surface area contributed by atoms with E-state index in [4.69, 9.17) is 21.4 Å². The van der Waals surface area contributed by atoms with Crippen molar-refractivity contribution in [3.05, 3.63) is 11.6 Å². The highest BCUT2D eigenvalue weighted by Gasteiger charge is 2.45. The number of nitrogens with one attached hydrogen (secondary N) is 1. The molecule has 0 bridgehead atoms. The molecular formula is C11H13ClFN5O3. The van der Waals surface area contributed by atoms with Gasteiger partial charge in [-0.3, -0.25) is 4.57 Å². The third-order valence-electron chi connectivity index (χ3n) is 3.38. The van der Waals surface area contributed by atoms with Crippen LogP contribution in [0.5, 0.6) is 0 Å². The lowest BCUT2D eigenvalue weighted by molar-refractivity contribution is -0.0459. The van der Waals surface area contributed by atoms with Gasteiger partial charge in [0.15, 0.2) is 29.4 Å². The van der Waals surface area contributed by atoms with Gasteiger partial charge in [-0.2, -0.15) is 9.97 Å². The number of alkyl halides is 1. The summed E-state index contributed by atoms with van der Waals surface area (Å²) in [5.41, 5.74) is 0.678. The molecule has 1 saturated heterocycles. The van der Waals surface area contributed by atoms with Crippen molar-refractivity contribution in [2.75, 3.05) is 19.0 Å². The van der Waals surface area contributed by atoms with E-state index in [0.29, 0.717) is 11.3 Å². The molecule has 3 N–H and O–H groups in total. The van der Waals surface area contributed by atoms with Crippen LogP contribution < -0.4 is 5.32 Å². The summed E-state index contributed by atoms with van der Waals surface area (Å²) >= 11 is 5.83. The summed E-state index contributed by atoms with van der Waals surface area (Å²) in [6, 6.07) is 0. The molecule has 2 aromatic heterocycles. The van der Waals surface area contributed by atoms with Crippen LogP contribution in [0.3, 0.4) is 0 Å². The van der Waals surface area contributed by atoms with Gasteiger partial charge in [-0.05, 0) is 11.6 Å². The molecule has 0 spiro atoms. The number of aliphatic hydroxyl groups excluding tert-OH is 2. The van der Waals surface area contributed by atoms with Crippen LogP contribution in [-0.4, -0.2) is 61.8 Å². The Morgan fingerprint density at radius 1 is 1.52 bits per heavy atom. The van der Waals surface area contributed by atoms with E-state index >= 15 is 0 Å². The van der Waals surface area contributed by atoms with Gasteiger partial charge < -0.3 is 20.3 Å². The van der Waals surface area contributed by atoms with E-state index in [2.05, 4.69) is 20.3 Å². The molecule has 1 aliphatic heterocycles. The fraction of sp³-hybridized carbons (Fsp3) is 0.545. The molecule has 8 nitrogen and oxygen atoms in total. The lowest BCUT2D eigenvalue weighted by Crippen LogP contribution is -2.30. The van der Waals surface area contributed by atoms with Gasteiger partial charge in [0.2, 0.25) is 5.28 Å². The van der Waals surface area contributed by atoms with Crippen LogP contribution in [0.15, 0.2) is 6.33 Å². The topological polar surface area (TPSA) is 105 Å². The zero-order valence-electron chi connectivity index (χ0n) is 10.9. The Balaban J connectivity index is 2.07. The van der Waals surface area contributed by atoms with E-state index in [1.54, 1.807) is 7.05 Å². The number of hydrogen-bond donors (Lipinski definition) is 3. The number of hydrogen-bond acceptors (Lipinski definition) is 7. The zero-order valence-corrected chi connectivity index (χ0v) is 11.7. The molecule has 0 radical (unpaired) electrons. The minimum Gasteiger partial charge on any atom is -0.394 e. The monoisotopic (exact) mass is 317 g/mol. The minimum atomic E-state index is -1.72. The number of ether oxygens (including phenoxy) is 1. The smallest absolute Gasteiger partial charge is 0.226 e. The van der Waals surface area contributed by atoms with E-state index in [0.717, 1.165) is 0 Å². The van der Waals surface area contributed by atoms with Crippen molar-refractivity contribution >= 4 is 28.6 Å². The third-order valence-corrected chi connectivity index (χ3v) is 3.55. The zero-order chi connectivity index (χ0) is 15.1. The summed E-state index contributed by atoms with van der Waals surface area (Å²) in [7, 11) is 1.65. The average molecular weight is 318 g/mol. The molecule has 1 aliphatic rings. The Kier molecular flexibility index (Phi) is 3.66. The van der Waals surface area contributed by atoms with Gasteiger partial charge in [-0.15, -0.1) is 0 Å². The molecule has 0 aliphatic carbocycles. The molecule has 4 atom stereocenters. The van der Waals surface area contributed by atoms with Crippen LogP contribution in [0.25, 0.3) is 11.2 Å². The van der Waals surface area contributed by atoms with Crippen LogP contribution in [-0.2, 0) is 4.74 Å². The fourth-order valence-corrected chi connectivity index (χ4v) is 2.49. The number of aliphatic hydroxyl groups is 2. The molecule has 2 aromatic rings. The number of imidazole rings is 1. The lowest BCUT2D eigenvalue weighted by atomic mass is 10.1. The largest absolute Gasteiger partial charge is 0.394 e. The molecular weight excluding hydrogens is 305 g/mol. The van der Waals surface area contributed by atoms with Crippen LogP contribution in [0.2, 0.25) is 5.28 Å². The molecule has 1 unspecified atom stereocenters. The maximum Gasteiger partial charge on any atom is 0.226 e. The van der Waals surface area contributed by atoms with Crippen molar-refractivity contribution in [2.24, 2.45) is 0 Å². The van der Waals surface area contributed by atoms with Crippen molar-refractivity contribution in [1.82, 2.24) is 19.5 Å². The van der Waals surface area contributed by atoms with E-state index < -0.39 is 31.2 Å². The Morgan fingerprint density at radius 2 is 2.29 bits per heavy atom.